The van der Waals surface area contributed by atoms with Gasteiger partial charge in [0.25, 0.3) is 0 Å². The van der Waals surface area contributed by atoms with Crippen molar-refractivity contribution in [3.05, 3.63) is 52.5 Å². The van der Waals surface area contributed by atoms with E-state index in [4.69, 9.17) is 21.1 Å². The molecule has 5 nitrogen and oxygen atoms in total. The number of benzene rings is 2. The third kappa shape index (κ3) is 5.64. The van der Waals surface area contributed by atoms with E-state index < -0.39 is 0 Å². The van der Waals surface area contributed by atoms with Crippen molar-refractivity contribution in [2.24, 2.45) is 0 Å². The Morgan fingerprint density at radius 2 is 1.96 bits per heavy atom. The van der Waals surface area contributed by atoms with Crippen LogP contribution in [-0.2, 0) is 11.3 Å². The molecule has 0 aliphatic heterocycles. The molecule has 140 valence electrons. The second kappa shape index (κ2) is 9.46. The Labute approximate surface area is 159 Å². The number of anilines is 1. The first-order valence-corrected chi connectivity index (χ1v) is 8.85. The van der Waals surface area contributed by atoms with Crippen LogP contribution in [0.1, 0.15) is 18.1 Å². The number of carbonyl (C=O) groups is 1. The first-order valence-electron chi connectivity index (χ1n) is 8.47. The minimum absolute atomic E-state index is 0.115. The van der Waals surface area contributed by atoms with Gasteiger partial charge in [0.05, 0.1) is 31.0 Å². The molecule has 0 saturated heterocycles. The molecule has 0 spiro atoms. The molecule has 0 saturated carbocycles. The van der Waals surface area contributed by atoms with Gasteiger partial charge in [-0.3, -0.25) is 9.69 Å². The van der Waals surface area contributed by atoms with Gasteiger partial charge in [-0.2, -0.15) is 0 Å². The van der Waals surface area contributed by atoms with Gasteiger partial charge in [-0.05, 0) is 56.3 Å². The van der Waals surface area contributed by atoms with Crippen molar-refractivity contribution in [3.63, 3.8) is 0 Å². The van der Waals surface area contributed by atoms with Gasteiger partial charge in [0.2, 0.25) is 5.91 Å². The van der Waals surface area contributed by atoms with Gasteiger partial charge < -0.3 is 14.8 Å². The molecule has 0 radical (unpaired) electrons. The summed E-state index contributed by atoms with van der Waals surface area (Å²) in [5.41, 5.74) is 2.71. The van der Waals surface area contributed by atoms with Crippen LogP contribution in [0.2, 0.25) is 5.02 Å². The first-order chi connectivity index (χ1) is 12.4. The predicted octanol–water partition coefficient (Wildman–Crippen LogP) is 4.13. The summed E-state index contributed by atoms with van der Waals surface area (Å²) in [5.74, 6) is 1.29. The number of amides is 1. The molecular formula is C20H25ClN2O3. The van der Waals surface area contributed by atoms with Gasteiger partial charge in [0.1, 0.15) is 0 Å². The van der Waals surface area contributed by atoms with Crippen molar-refractivity contribution in [2.75, 3.05) is 32.6 Å². The number of carbonyl (C=O) groups excluding carboxylic acids is 1. The van der Waals surface area contributed by atoms with E-state index in [0.29, 0.717) is 35.4 Å². The number of methoxy groups -OCH3 is 1. The van der Waals surface area contributed by atoms with Crippen molar-refractivity contribution in [1.82, 2.24) is 4.90 Å². The Balaban J connectivity index is 1.95. The van der Waals surface area contributed by atoms with Crippen molar-refractivity contribution in [1.29, 1.82) is 0 Å². The first kappa shape index (κ1) is 20.1. The lowest BCUT2D eigenvalue weighted by atomic mass is 10.2. The zero-order valence-corrected chi connectivity index (χ0v) is 16.4. The number of nitrogens with zero attached hydrogens (tertiary/aromatic N) is 1. The molecule has 2 aromatic rings. The second-order valence-corrected chi connectivity index (χ2v) is 6.53. The zero-order chi connectivity index (χ0) is 19.1. The van der Waals surface area contributed by atoms with E-state index in [9.17, 15) is 4.79 Å². The molecule has 0 aliphatic carbocycles. The number of halogens is 1. The predicted molar refractivity (Wildman–Crippen MR) is 105 cm³/mol. The van der Waals surface area contributed by atoms with Crippen molar-refractivity contribution in [2.45, 2.75) is 20.4 Å². The molecule has 0 aliphatic rings. The molecule has 0 heterocycles. The van der Waals surface area contributed by atoms with Crippen LogP contribution in [0.25, 0.3) is 0 Å². The fourth-order valence-electron chi connectivity index (χ4n) is 2.61. The molecule has 2 aromatic carbocycles. The lowest BCUT2D eigenvalue weighted by Gasteiger charge is -2.18. The van der Waals surface area contributed by atoms with E-state index in [1.807, 2.05) is 62.2 Å². The highest BCUT2D eigenvalue weighted by Gasteiger charge is 2.11. The molecule has 0 fully saturated rings. The SMILES string of the molecule is CCOc1ccc(CN(C)CC(=O)Nc2ccc(C)cc2Cl)cc1OC. The lowest BCUT2D eigenvalue weighted by molar-refractivity contribution is -0.117. The molecule has 0 atom stereocenters. The summed E-state index contributed by atoms with van der Waals surface area (Å²) in [5, 5.41) is 3.38. The molecule has 2 rings (SSSR count). The number of likely N-dealkylation sites (N-methyl/N-ethyl adjacent to an activating group) is 1. The topological polar surface area (TPSA) is 50.8 Å². The maximum absolute atomic E-state index is 12.3. The Kier molecular flexibility index (Phi) is 7.30. The Hall–Kier alpha value is -2.24. The number of rotatable bonds is 8. The van der Waals surface area contributed by atoms with E-state index in [1.165, 1.54) is 0 Å². The van der Waals surface area contributed by atoms with Gasteiger partial charge in [0.15, 0.2) is 11.5 Å². The van der Waals surface area contributed by atoms with Gasteiger partial charge in [-0.25, -0.2) is 0 Å². The lowest BCUT2D eigenvalue weighted by Crippen LogP contribution is -2.29. The normalized spacial score (nSPS) is 10.7. The smallest absolute Gasteiger partial charge is 0.238 e. The average molecular weight is 377 g/mol. The number of hydrogen-bond donors (Lipinski definition) is 1. The van der Waals surface area contributed by atoms with E-state index >= 15 is 0 Å². The number of aryl methyl sites for hydroxylation is 1. The fourth-order valence-corrected chi connectivity index (χ4v) is 2.89. The maximum atomic E-state index is 12.3. The van der Waals surface area contributed by atoms with Gasteiger partial charge >= 0.3 is 0 Å². The van der Waals surface area contributed by atoms with Crippen LogP contribution in [0.15, 0.2) is 36.4 Å². The molecule has 6 heteroatoms. The third-order valence-corrected chi connectivity index (χ3v) is 4.11. The summed E-state index contributed by atoms with van der Waals surface area (Å²) < 4.78 is 10.9. The standard InChI is InChI=1S/C20H25ClN2O3/c1-5-26-18-9-7-15(11-19(18)25-4)12-23(3)13-20(24)22-17-8-6-14(2)10-16(17)21/h6-11H,5,12-13H2,1-4H3,(H,22,24). The van der Waals surface area contributed by atoms with Crippen LogP contribution in [-0.4, -0.2) is 38.1 Å². The van der Waals surface area contributed by atoms with Gasteiger partial charge in [-0.1, -0.05) is 23.7 Å². The van der Waals surface area contributed by atoms with Crippen molar-refractivity contribution >= 4 is 23.2 Å². The fraction of sp³-hybridized carbons (Fsp3) is 0.350. The highest BCUT2D eigenvalue weighted by atomic mass is 35.5. The quantitative estimate of drug-likeness (QED) is 0.752. The van der Waals surface area contributed by atoms with Crippen LogP contribution in [0.3, 0.4) is 0 Å². The summed E-state index contributed by atoms with van der Waals surface area (Å²) in [6, 6.07) is 11.3. The Morgan fingerprint density at radius 3 is 2.62 bits per heavy atom. The highest BCUT2D eigenvalue weighted by molar-refractivity contribution is 6.33. The van der Waals surface area contributed by atoms with Crippen LogP contribution in [0, 0.1) is 6.92 Å². The zero-order valence-electron chi connectivity index (χ0n) is 15.6. The molecule has 0 bridgehead atoms. The summed E-state index contributed by atoms with van der Waals surface area (Å²) in [7, 11) is 3.50. The van der Waals surface area contributed by atoms with Gasteiger partial charge in [-0.15, -0.1) is 0 Å². The van der Waals surface area contributed by atoms with Crippen molar-refractivity contribution in [3.8, 4) is 11.5 Å². The maximum Gasteiger partial charge on any atom is 0.238 e. The summed E-state index contributed by atoms with van der Waals surface area (Å²) in [6.45, 7) is 5.32. The van der Waals surface area contributed by atoms with Crippen LogP contribution < -0.4 is 14.8 Å². The minimum atomic E-state index is -0.115. The highest BCUT2D eigenvalue weighted by Crippen LogP contribution is 2.28. The second-order valence-electron chi connectivity index (χ2n) is 6.12. The van der Waals surface area contributed by atoms with Crippen LogP contribution in [0.4, 0.5) is 5.69 Å². The Morgan fingerprint density at radius 1 is 1.19 bits per heavy atom. The molecular weight excluding hydrogens is 352 g/mol. The van der Waals surface area contributed by atoms with E-state index in [2.05, 4.69) is 5.32 Å². The van der Waals surface area contributed by atoms with E-state index in [0.717, 1.165) is 11.1 Å². The minimum Gasteiger partial charge on any atom is -0.493 e. The van der Waals surface area contributed by atoms with Gasteiger partial charge in [0, 0.05) is 6.54 Å². The number of nitrogens with one attached hydrogen (secondary N) is 1. The summed E-state index contributed by atoms with van der Waals surface area (Å²) in [6.07, 6.45) is 0. The number of hydrogen-bond acceptors (Lipinski definition) is 4. The monoisotopic (exact) mass is 376 g/mol. The average Bonchev–Trinajstić information content (AvgIpc) is 2.58. The van der Waals surface area contributed by atoms with Crippen LogP contribution >= 0.6 is 11.6 Å². The van der Waals surface area contributed by atoms with E-state index in [-0.39, 0.29) is 12.5 Å². The molecule has 1 N–H and O–H groups in total. The van der Waals surface area contributed by atoms with E-state index in [1.54, 1.807) is 7.11 Å². The Bertz CT molecular complexity index is 765. The van der Waals surface area contributed by atoms with Crippen LogP contribution in [0.5, 0.6) is 11.5 Å². The molecule has 0 unspecified atom stereocenters. The third-order valence-electron chi connectivity index (χ3n) is 3.79. The molecule has 1 amide bonds. The van der Waals surface area contributed by atoms with Crippen molar-refractivity contribution < 1.29 is 14.3 Å². The summed E-state index contributed by atoms with van der Waals surface area (Å²) >= 11 is 6.16. The summed E-state index contributed by atoms with van der Waals surface area (Å²) in [4.78, 5) is 14.2. The largest absolute Gasteiger partial charge is 0.493 e. The molecule has 0 aromatic heterocycles. The molecule has 26 heavy (non-hydrogen) atoms. The number of ether oxygens (including phenoxy) is 2.